The summed E-state index contributed by atoms with van der Waals surface area (Å²) in [5.74, 6) is -2.22. The Morgan fingerprint density at radius 2 is 1.61 bits per heavy atom. The summed E-state index contributed by atoms with van der Waals surface area (Å²) in [4.78, 5) is 75.2. The molecular weight excluding hydrogens is 574 g/mol. The van der Waals surface area contributed by atoms with Crippen molar-refractivity contribution in [3.05, 3.63) is 42.1 Å². The van der Waals surface area contributed by atoms with Crippen LogP contribution in [0.5, 0.6) is 5.88 Å². The largest absolute Gasteiger partial charge is 0.466 e. The number of rotatable bonds is 11. The minimum atomic E-state index is -1.11. The number of aromatic nitrogens is 2. The maximum Gasteiger partial charge on any atom is 0.409 e. The van der Waals surface area contributed by atoms with E-state index in [4.69, 9.17) is 14.2 Å². The van der Waals surface area contributed by atoms with Crippen molar-refractivity contribution < 1.29 is 42.9 Å². The Bertz CT molecular complexity index is 1320. The minimum Gasteiger partial charge on any atom is -0.466 e. The summed E-state index contributed by atoms with van der Waals surface area (Å²) in [6.07, 6.45) is -0.638. The maximum absolute atomic E-state index is 13.6. The molecule has 3 amide bonds. The lowest BCUT2D eigenvalue weighted by molar-refractivity contribution is -0.155. The van der Waals surface area contributed by atoms with Gasteiger partial charge in [-0.2, -0.15) is 4.98 Å². The van der Waals surface area contributed by atoms with E-state index >= 15 is 0 Å². The second kappa shape index (κ2) is 15.6. The molecule has 0 bridgehead atoms. The zero-order valence-electron chi connectivity index (χ0n) is 25.7. The smallest absolute Gasteiger partial charge is 0.409 e. The summed E-state index contributed by atoms with van der Waals surface area (Å²) < 4.78 is 20.5. The molecule has 14 heteroatoms. The third kappa shape index (κ3) is 10.2. The third-order valence-corrected chi connectivity index (χ3v) is 6.31. The second-order valence-corrected chi connectivity index (χ2v) is 10.8. The Labute approximate surface area is 256 Å². The van der Waals surface area contributed by atoms with Crippen molar-refractivity contribution in [2.45, 2.75) is 52.2 Å². The summed E-state index contributed by atoms with van der Waals surface area (Å²) in [5.41, 5.74) is -0.262. The summed E-state index contributed by atoms with van der Waals surface area (Å²) in [6, 6.07) is 8.97. The number of carbonyl (C=O) groups is 5. The van der Waals surface area contributed by atoms with E-state index in [1.54, 1.807) is 52.0 Å². The van der Waals surface area contributed by atoms with Crippen molar-refractivity contribution in [2.75, 3.05) is 46.5 Å². The molecule has 0 aliphatic carbocycles. The fourth-order valence-electron chi connectivity index (χ4n) is 4.21. The van der Waals surface area contributed by atoms with Crippen molar-refractivity contribution in [3.8, 4) is 17.3 Å². The van der Waals surface area contributed by atoms with Gasteiger partial charge < -0.3 is 34.1 Å². The number of ether oxygens (including phenoxy) is 4. The molecule has 0 saturated carbocycles. The fourth-order valence-corrected chi connectivity index (χ4v) is 4.21. The number of hydrogen-bond acceptors (Lipinski definition) is 11. The molecule has 238 valence electrons. The van der Waals surface area contributed by atoms with Gasteiger partial charge in [-0.25, -0.2) is 14.6 Å². The Morgan fingerprint density at radius 3 is 2.23 bits per heavy atom. The lowest BCUT2D eigenvalue weighted by Gasteiger charge is -2.36. The molecule has 1 aromatic heterocycles. The van der Waals surface area contributed by atoms with E-state index in [1.165, 1.54) is 23.0 Å². The maximum atomic E-state index is 13.6. The van der Waals surface area contributed by atoms with Gasteiger partial charge in [-0.05, 0) is 34.1 Å². The van der Waals surface area contributed by atoms with Gasteiger partial charge in [-0.3, -0.25) is 14.4 Å². The van der Waals surface area contributed by atoms with Crippen LogP contribution in [0.3, 0.4) is 0 Å². The first-order valence-electron chi connectivity index (χ1n) is 14.3. The van der Waals surface area contributed by atoms with Gasteiger partial charge >= 0.3 is 18.0 Å². The molecule has 1 fully saturated rings. The van der Waals surface area contributed by atoms with E-state index < -0.39 is 48.1 Å². The molecule has 1 aliphatic rings. The molecule has 0 unspecified atom stereocenters. The van der Waals surface area contributed by atoms with Gasteiger partial charge in [0.05, 0.1) is 13.7 Å². The normalized spacial score (nSPS) is 13.8. The second-order valence-electron chi connectivity index (χ2n) is 10.8. The Hall–Kier alpha value is -4.75. The van der Waals surface area contributed by atoms with Crippen molar-refractivity contribution in [3.63, 3.8) is 0 Å². The van der Waals surface area contributed by atoms with E-state index in [2.05, 4.69) is 20.0 Å². The van der Waals surface area contributed by atoms with E-state index in [0.29, 0.717) is 5.56 Å². The van der Waals surface area contributed by atoms with Crippen molar-refractivity contribution >= 4 is 29.8 Å². The highest BCUT2D eigenvalue weighted by Crippen LogP contribution is 2.20. The van der Waals surface area contributed by atoms with Gasteiger partial charge in [0.15, 0.2) is 12.4 Å². The summed E-state index contributed by atoms with van der Waals surface area (Å²) >= 11 is 0. The van der Waals surface area contributed by atoms with Crippen LogP contribution in [0, 0.1) is 0 Å². The van der Waals surface area contributed by atoms with Gasteiger partial charge in [0.2, 0.25) is 11.8 Å². The predicted molar refractivity (Wildman–Crippen MR) is 156 cm³/mol. The average Bonchev–Trinajstić information content (AvgIpc) is 3.01. The quantitative estimate of drug-likeness (QED) is 0.292. The first kappa shape index (κ1) is 33.7. The molecule has 2 aromatic rings. The first-order chi connectivity index (χ1) is 20.9. The van der Waals surface area contributed by atoms with Crippen LogP contribution < -0.4 is 10.1 Å². The Morgan fingerprint density at radius 1 is 0.955 bits per heavy atom. The van der Waals surface area contributed by atoms with Crippen molar-refractivity contribution in [2.24, 2.45) is 0 Å². The summed E-state index contributed by atoms with van der Waals surface area (Å²) in [6.45, 7) is 7.65. The number of nitrogens with one attached hydrogen (secondary N) is 1. The molecule has 1 aliphatic heterocycles. The van der Waals surface area contributed by atoms with Crippen LogP contribution in [0.25, 0.3) is 11.4 Å². The Kier molecular flexibility index (Phi) is 12.0. The SMILES string of the molecule is CCOC(=O)N1CCN(C(=O)[C@H](CCC(=O)OC(C)(C)C)NC(=O)c2cc(OCC(=O)OC)nc(-c3ccccc3)n2)CC1. The molecule has 0 radical (unpaired) electrons. The predicted octanol–water partition coefficient (Wildman–Crippen LogP) is 2.22. The van der Waals surface area contributed by atoms with Crippen molar-refractivity contribution in [1.29, 1.82) is 0 Å². The number of piperazine rings is 1. The molecule has 1 atom stereocenters. The highest BCUT2D eigenvalue weighted by molar-refractivity contribution is 5.97. The number of benzene rings is 1. The molecule has 2 heterocycles. The molecule has 0 spiro atoms. The van der Waals surface area contributed by atoms with Crippen LogP contribution in [0.15, 0.2) is 36.4 Å². The molecule has 44 heavy (non-hydrogen) atoms. The average molecular weight is 614 g/mol. The van der Waals surface area contributed by atoms with Crippen LogP contribution in [-0.4, -0.2) is 108 Å². The molecule has 1 N–H and O–H groups in total. The monoisotopic (exact) mass is 613 g/mol. The third-order valence-electron chi connectivity index (χ3n) is 6.31. The van der Waals surface area contributed by atoms with Crippen molar-refractivity contribution in [1.82, 2.24) is 25.1 Å². The molecule has 1 aromatic carbocycles. The number of amides is 3. The van der Waals surface area contributed by atoms with E-state index in [9.17, 15) is 24.0 Å². The van der Waals surface area contributed by atoms with Crippen LogP contribution >= 0.6 is 0 Å². The lowest BCUT2D eigenvalue weighted by Crippen LogP contribution is -2.56. The van der Waals surface area contributed by atoms with Crippen LogP contribution in [0.1, 0.15) is 51.0 Å². The number of methoxy groups -OCH3 is 1. The van der Waals surface area contributed by atoms with Gasteiger partial charge in [-0.15, -0.1) is 0 Å². The standard InChI is InChI=1S/C30H39N5O9/c1-6-42-29(40)35-16-14-34(15-17-35)28(39)21(12-13-24(36)44-30(2,3)4)32-27(38)22-18-23(43-19-25(37)41-5)33-26(31-22)20-10-8-7-9-11-20/h7-11,18,21H,6,12-17,19H2,1-5H3,(H,32,38)/t21-/m0/s1. The lowest BCUT2D eigenvalue weighted by atomic mass is 10.1. The molecule has 14 nitrogen and oxygen atoms in total. The topological polar surface area (TPSA) is 167 Å². The summed E-state index contributed by atoms with van der Waals surface area (Å²) in [5, 5.41) is 2.70. The Balaban J connectivity index is 1.84. The summed E-state index contributed by atoms with van der Waals surface area (Å²) in [7, 11) is 1.21. The zero-order valence-corrected chi connectivity index (χ0v) is 25.7. The molecular formula is C30H39N5O9. The number of esters is 2. The highest BCUT2D eigenvalue weighted by Gasteiger charge is 2.32. The molecule has 3 rings (SSSR count). The van der Waals surface area contributed by atoms with Gasteiger partial charge in [0, 0.05) is 44.2 Å². The van der Waals surface area contributed by atoms with Gasteiger partial charge in [0.25, 0.3) is 5.91 Å². The van der Waals surface area contributed by atoms with Crippen LogP contribution in [0.2, 0.25) is 0 Å². The van der Waals surface area contributed by atoms with Crippen LogP contribution in [-0.2, 0) is 28.6 Å². The zero-order chi connectivity index (χ0) is 32.3. The van der Waals surface area contributed by atoms with E-state index in [1.807, 2.05) is 6.07 Å². The number of carbonyl (C=O) groups excluding carboxylic acids is 5. The molecule has 1 saturated heterocycles. The first-order valence-corrected chi connectivity index (χ1v) is 14.3. The van der Waals surface area contributed by atoms with E-state index in [-0.39, 0.29) is 63.0 Å². The number of nitrogens with zero attached hydrogens (tertiary/aromatic N) is 4. The van der Waals surface area contributed by atoms with Gasteiger partial charge in [-0.1, -0.05) is 30.3 Å². The van der Waals surface area contributed by atoms with E-state index in [0.717, 1.165) is 0 Å². The fraction of sp³-hybridized carbons (Fsp3) is 0.500. The highest BCUT2D eigenvalue weighted by atomic mass is 16.6. The number of hydrogen-bond donors (Lipinski definition) is 1. The minimum absolute atomic E-state index is 0.0418. The van der Waals surface area contributed by atoms with Gasteiger partial charge in [0.1, 0.15) is 17.3 Å². The van der Waals surface area contributed by atoms with Crippen LogP contribution in [0.4, 0.5) is 4.79 Å².